The Bertz CT molecular complexity index is 474. The Morgan fingerprint density at radius 1 is 1.30 bits per heavy atom. The molecule has 1 nitrogen and oxygen atoms in total. The van der Waals surface area contributed by atoms with Crippen molar-refractivity contribution in [2.24, 2.45) is 0 Å². The highest BCUT2D eigenvalue weighted by molar-refractivity contribution is 14.1. The van der Waals surface area contributed by atoms with E-state index in [0.29, 0.717) is 0 Å². The van der Waals surface area contributed by atoms with Crippen LogP contribution in [0.5, 0.6) is 0 Å². The van der Waals surface area contributed by atoms with E-state index in [-0.39, 0.29) is 11.1 Å². The molecule has 0 aromatic heterocycles. The van der Waals surface area contributed by atoms with E-state index < -0.39 is 8.32 Å². The van der Waals surface area contributed by atoms with Crippen molar-refractivity contribution in [1.29, 1.82) is 0 Å². The molecule has 1 aromatic rings. The molecule has 1 aromatic carbocycles. The Hall–Kier alpha value is -0.133. The van der Waals surface area contributed by atoms with Gasteiger partial charge >= 0.3 is 0 Å². The van der Waals surface area contributed by atoms with Crippen LogP contribution in [0.1, 0.15) is 45.8 Å². The molecule has 1 rings (SSSR count). The molecule has 1 atom stereocenters. The van der Waals surface area contributed by atoms with E-state index >= 15 is 0 Å². The van der Waals surface area contributed by atoms with E-state index in [1.807, 2.05) is 0 Å². The molecule has 0 aliphatic rings. The summed E-state index contributed by atoms with van der Waals surface area (Å²) in [6, 6.07) is 8.51. The zero-order chi connectivity index (χ0) is 15.6. The first-order chi connectivity index (χ1) is 9.04. The number of hydrogen-bond acceptors (Lipinski definition) is 1. The second kappa shape index (κ2) is 6.75. The van der Waals surface area contributed by atoms with Crippen molar-refractivity contribution in [3.05, 3.63) is 45.6 Å². The normalized spacial score (nSPS) is 14.2. The van der Waals surface area contributed by atoms with Gasteiger partial charge in [-0.15, -0.1) is 6.58 Å². The molecule has 0 fully saturated rings. The summed E-state index contributed by atoms with van der Waals surface area (Å²) in [5.74, 6) is 0. The van der Waals surface area contributed by atoms with Crippen LogP contribution >= 0.6 is 22.6 Å². The van der Waals surface area contributed by atoms with Crippen LogP contribution < -0.4 is 0 Å². The summed E-state index contributed by atoms with van der Waals surface area (Å²) < 4.78 is 7.93. The molecule has 0 saturated carbocycles. The fourth-order valence-electron chi connectivity index (χ4n) is 1.80. The Morgan fingerprint density at radius 2 is 1.85 bits per heavy atom. The summed E-state index contributed by atoms with van der Waals surface area (Å²) in [6.07, 6.45) is 1.02. The minimum absolute atomic E-state index is 0.126. The lowest BCUT2D eigenvalue weighted by Gasteiger charge is -2.39. The second-order valence-corrected chi connectivity index (χ2v) is 13.0. The lowest BCUT2D eigenvalue weighted by molar-refractivity contribution is 0.183. The maximum atomic E-state index is 6.65. The molecule has 0 radical (unpaired) electrons. The molecule has 0 aliphatic carbocycles. The average molecular weight is 402 g/mol. The van der Waals surface area contributed by atoms with Gasteiger partial charge in [0.1, 0.15) is 0 Å². The van der Waals surface area contributed by atoms with E-state index in [2.05, 4.69) is 94.2 Å². The van der Waals surface area contributed by atoms with Gasteiger partial charge in [-0.3, -0.25) is 0 Å². The van der Waals surface area contributed by atoms with E-state index in [0.717, 1.165) is 6.42 Å². The van der Waals surface area contributed by atoms with Crippen LogP contribution in [0.2, 0.25) is 18.1 Å². The third-order valence-corrected chi connectivity index (χ3v) is 9.50. The first-order valence-electron chi connectivity index (χ1n) is 7.11. The van der Waals surface area contributed by atoms with Gasteiger partial charge in [-0.25, -0.2) is 0 Å². The van der Waals surface area contributed by atoms with Gasteiger partial charge in [0.05, 0.1) is 6.10 Å². The van der Waals surface area contributed by atoms with Crippen molar-refractivity contribution in [2.45, 2.75) is 58.4 Å². The monoisotopic (exact) mass is 402 g/mol. The average Bonchev–Trinajstić information content (AvgIpc) is 2.26. The topological polar surface area (TPSA) is 9.23 Å². The molecule has 0 aliphatic heterocycles. The van der Waals surface area contributed by atoms with Crippen molar-refractivity contribution in [3.63, 3.8) is 0 Å². The van der Waals surface area contributed by atoms with Gasteiger partial charge in [0.25, 0.3) is 0 Å². The molecule has 0 unspecified atom stereocenters. The number of halogens is 1. The predicted molar refractivity (Wildman–Crippen MR) is 99.6 cm³/mol. The summed E-state index contributed by atoms with van der Waals surface area (Å²) in [5.41, 5.74) is 2.47. The largest absolute Gasteiger partial charge is 0.410 e. The minimum atomic E-state index is -1.78. The minimum Gasteiger partial charge on any atom is -0.410 e. The first kappa shape index (κ1) is 17.9. The molecular formula is C17H27IOSi. The van der Waals surface area contributed by atoms with Crippen LogP contribution in [0, 0.1) is 3.57 Å². The summed E-state index contributed by atoms with van der Waals surface area (Å²) >= 11 is 2.40. The van der Waals surface area contributed by atoms with Crippen LogP contribution in [-0.2, 0) is 4.43 Å². The molecule has 0 heterocycles. The fourth-order valence-corrected chi connectivity index (χ4v) is 3.81. The molecule has 3 heteroatoms. The summed E-state index contributed by atoms with van der Waals surface area (Å²) in [6.45, 7) is 17.6. The molecular weight excluding hydrogens is 375 g/mol. The molecule has 0 amide bonds. The van der Waals surface area contributed by atoms with Crippen LogP contribution in [0.3, 0.4) is 0 Å². The third kappa shape index (κ3) is 4.71. The van der Waals surface area contributed by atoms with Gasteiger partial charge in [-0.05, 0) is 65.7 Å². The van der Waals surface area contributed by atoms with E-state index in [9.17, 15) is 0 Å². The molecule has 0 saturated heterocycles. The van der Waals surface area contributed by atoms with Gasteiger partial charge in [0.2, 0.25) is 0 Å². The number of rotatable bonds is 5. The Kier molecular flexibility index (Phi) is 6.05. The summed E-state index contributed by atoms with van der Waals surface area (Å²) in [7, 11) is -1.78. The maximum absolute atomic E-state index is 6.65. The van der Waals surface area contributed by atoms with Gasteiger partial charge < -0.3 is 4.43 Å². The zero-order valence-electron chi connectivity index (χ0n) is 13.6. The van der Waals surface area contributed by atoms with Crippen LogP contribution in [0.25, 0.3) is 0 Å². The molecule has 0 bridgehead atoms. The van der Waals surface area contributed by atoms with Crippen LogP contribution in [0.4, 0.5) is 0 Å². The summed E-state index contributed by atoms with van der Waals surface area (Å²) in [5, 5.41) is 0.223. The zero-order valence-corrected chi connectivity index (χ0v) is 16.7. The highest BCUT2D eigenvalue weighted by Crippen LogP contribution is 2.41. The van der Waals surface area contributed by atoms with E-state index in [1.165, 1.54) is 14.7 Å². The number of hydrogen-bond donors (Lipinski definition) is 0. The van der Waals surface area contributed by atoms with E-state index in [1.54, 1.807) is 0 Å². The van der Waals surface area contributed by atoms with Gasteiger partial charge in [-0.1, -0.05) is 44.5 Å². The lowest BCUT2D eigenvalue weighted by Crippen LogP contribution is -2.42. The SMILES string of the molecule is C=C(C)C[C@H](O[Si](C)(C)C(C)(C)C)c1ccccc1I. The standard InChI is InChI=1S/C17H27IOSi/c1-13(2)12-16(14-10-8-9-11-15(14)18)19-20(6,7)17(3,4)5/h8-11,16H,1,12H2,2-7H3/t16-/m0/s1. The second-order valence-electron chi connectivity index (χ2n) is 7.05. The Labute approximate surface area is 139 Å². The van der Waals surface area contributed by atoms with Crippen molar-refractivity contribution in [3.8, 4) is 0 Å². The number of benzene rings is 1. The van der Waals surface area contributed by atoms with Crippen molar-refractivity contribution in [1.82, 2.24) is 0 Å². The highest BCUT2D eigenvalue weighted by atomic mass is 127. The van der Waals surface area contributed by atoms with Gasteiger partial charge in [0, 0.05) is 3.57 Å². The first-order valence-corrected chi connectivity index (χ1v) is 11.1. The van der Waals surface area contributed by atoms with Gasteiger partial charge in [-0.2, -0.15) is 0 Å². The molecule has 20 heavy (non-hydrogen) atoms. The smallest absolute Gasteiger partial charge is 0.192 e. The van der Waals surface area contributed by atoms with E-state index in [4.69, 9.17) is 4.43 Å². The van der Waals surface area contributed by atoms with Crippen molar-refractivity contribution < 1.29 is 4.43 Å². The van der Waals surface area contributed by atoms with Crippen molar-refractivity contribution >= 4 is 30.9 Å². The van der Waals surface area contributed by atoms with Gasteiger partial charge in [0.15, 0.2) is 8.32 Å². The maximum Gasteiger partial charge on any atom is 0.192 e. The Morgan fingerprint density at radius 3 is 2.30 bits per heavy atom. The van der Waals surface area contributed by atoms with Crippen LogP contribution in [-0.4, -0.2) is 8.32 Å². The fraction of sp³-hybridized carbons (Fsp3) is 0.529. The predicted octanol–water partition coefficient (Wildman–Crippen LogP) is 6.32. The van der Waals surface area contributed by atoms with Crippen molar-refractivity contribution in [2.75, 3.05) is 0 Å². The van der Waals surface area contributed by atoms with Crippen LogP contribution in [0.15, 0.2) is 36.4 Å². The highest BCUT2D eigenvalue weighted by Gasteiger charge is 2.39. The molecule has 0 spiro atoms. The molecule has 112 valence electrons. The quantitative estimate of drug-likeness (QED) is 0.318. The third-order valence-electron chi connectivity index (χ3n) is 4.03. The summed E-state index contributed by atoms with van der Waals surface area (Å²) in [4.78, 5) is 0. The lowest BCUT2D eigenvalue weighted by atomic mass is 10.0. The molecule has 0 N–H and O–H groups in total. The Balaban J connectivity index is 3.09.